The van der Waals surface area contributed by atoms with Crippen molar-refractivity contribution in [3.8, 4) is 5.75 Å². The van der Waals surface area contributed by atoms with Crippen molar-refractivity contribution >= 4 is 26.5 Å². The molecule has 0 aliphatic heterocycles. The van der Waals surface area contributed by atoms with Crippen molar-refractivity contribution in [3.63, 3.8) is 0 Å². The topological polar surface area (TPSA) is 55.4 Å². The van der Waals surface area contributed by atoms with Gasteiger partial charge in [0, 0.05) is 0 Å². The van der Waals surface area contributed by atoms with Gasteiger partial charge in [0.15, 0.2) is 0 Å². The monoisotopic (exact) mass is 341 g/mol. The fourth-order valence-corrected chi connectivity index (χ4v) is 3.90. The van der Waals surface area contributed by atoms with Gasteiger partial charge in [-0.2, -0.15) is 0 Å². The second-order valence-electron chi connectivity index (χ2n) is 5.75. The van der Waals surface area contributed by atoms with Crippen LogP contribution in [0.25, 0.3) is 10.8 Å². The predicted octanol–water partition coefficient (Wildman–Crippen LogP) is 4.27. The molecular formula is C19H19NO3S. The van der Waals surface area contributed by atoms with Gasteiger partial charge in [-0.1, -0.05) is 30.3 Å². The van der Waals surface area contributed by atoms with E-state index in [2.05, 4.69) is 4.72 Å². The van der Waals surface area contributed by atoms with E-state index in [9.17, 15) is 8.42 Å². The number of benzene rings is 3. The van der Waals surface area contributed by atoms with Crippen LogP contribution in [0.4, 0.5) is 5.69 Å². The Kier molecular flexibility index (Phi) is 4.20. The highest BCUT2D eigenvalue weighted by molar-refractivity contribution is 7.92. The fraction of sp³-hybridized carbons (Fsp3) is 0.158. The van der Waals surface area contributed by atoms with Crippen molar-refractivity contribution in [2.75, 3.05) is 11.8 Å². The summed E-state index contributed by atoms with van der Waals surface area (Å²) in [6, 6.07) is 16.3. The zero-order valence-electron chi connectivity index (χ0n) is 13.8. The van der Waals surface area contributed by atoms with Crippen molar-refractivity contribution in [2.45, 2.75) is 18.7 Å². The third-order valence-corrected chi connectivity index (χ3v) is 5.39. The molecule has 0 amide bonds. The lowest BCUT2D eigenvalue weighted by molar-refractivity contribution is 0.415. The van der Waals surface area contributed by atoms with Crippen LogP contribution in [0, 0.1) is 13.8 Å². The molecule has 0 saturated heterocycles. The molecule has 3 aromatic rings. The third kappa shape index (κ3) is 3.08. The van der Waals surface area contributed by atoms with Crippen LogP contribution < -0.4 is 9.46 Å². The first kappa shape index (κ1) is 16.3. The highest BCUT2D eigenvalue weighted by Crippen LogP contribution is 2.27. The van der Waals surface area contributed by atoms with E-state index in [0.717, 1.165) is 27.6 Å². The summed E-state index contributed by atoms with van der Waals surface area (Å²) in [6.07, 6.45) is 0. The lowest BCUT2D eigenvalue weighted by Crippen LogP contribution is -2.14. The quantitative estimate of drug-likeness (QED) is 0.771. The van der Waals surface area contributed by atoms with Crippen molar-refractivity contribution in [3.05, 3.63) is 65.7 Å². The first-order valence-electron chi connectivity index (χ1n) is 7.57. The molecule has 1 N–H and O–H groups in total. The lowest BCUT2D eigenvalue weighted by Gasteiger charge is -2.13. The standard InChI is InChI=1S/C19H19NO3S/c1-13-5-4-6-14(2)19(13)20-24(21,22)18-10-8-15-11-17(23-3)9-7-16(15)12-18/h4-12,20H,1-3H3. The minimum absolute atomic E-state index is 0.239. The SMILES string of the molecule is COc1ccc2cc(S(=O)(=O)Nc3c(C)cccc3C)ccc2c1. The lowest BCUT2D eigenvalue weighted by atomic mass is 10.1. The molecule has 124 valence electrons. The van der Waals surface area contributed by atoms with Crippen LogP contribution in [0.1, 0.15) is 11.1 Å². The van der Waals surface area contributed by atoms with E-state index in [4.69, 9.17) is 4.74 Å². The number of hydrogen-bond donors (Lipinski definition) is 1. The van der Waals surface area contributed by atoms with Gasteiger partial charge in [0.05, 0.1) is 17.7 Å². The van der Waals surface area contributed by atoms with Crippen LogP contribution >= 0.6 is 0 Å². The molecule has 0 unspecified atom stereocenters. The molecule has 0 aliphatic rings. The molecule has 0 fully saturated rings. The Morgan fingerprint density at radius 2 is 1.50 bits per heavy atom. The van der Waals surface area contributed by atoms with E-state index in [1.54, 1.807) is 25.3 Å². The summed E-state index contributed by atoms with van der Waals surface area (Å²) in [5.41, 5.74) is 2.42. The van der Waals surface area contributed by atoms with Gasteiger partial charge in [0.2, 0.25) is 0 Å². The summed E-state index contributed by atoms with van der Waals surface area (Å²) in [5.74, 6) is 0.742. The molecule has 4 nitrogen and oxygen atoms in total. The van der Waals surface area contributed by atoms with Crippen LogP contribution in [-0.4, -0.2) is 15.5 Å². The van der Waals surface area contributed by atoms with Crippen molar-refractivity contribution in [1.29, 1.82) is 0 Å². The average molecular weight is 341 g/mol. The number of nitrogens with one attached hydrogen (secondary N) is 1. The summed E-state index contributed by atoms with van der Waals surface area (Å²) >= 11 is 0. The second kappa shape index (κ2) is 6.17. The molecule has 0 aromatic heterocycles. The maximum absolute atomic E-state index is 12.7. The maximum atomic E-state index is 12.7. The molecule has 0 heterocycles. The number of sulfonamides is 1. The van der Waals surface area contributed by atoms with Gasteiger partial charge in [0.1, 0.15) is 5.75 Å². The Balaban J connectivity index is 2.02. The van der Waals surface area contributed by atoms with Crippen LogP contribution in [0.3, 0.4) is 0 Å². The summed E-state index contributed by atoms with van der Waals surface area (Å²) in [5, 5.41) is 1.78. The van der Waals surface area contributed by atoms with E-state index in [-0.39, 0.29) is 4.90 Å². The number of methoxy groups -OCH3 is 1. The van der Waals surface area contributed by atoms with E-state index in [1.165, 1.54) is 0 Å². The average Bonchev–Trinajstić information content (AvgIpc) is 2.57. The van der Waals surface area contributed by atoms with Crippen molar-refractivity contribution in [2.24, 2.45) is 0 Å². The highest BCUT2D eigenvalue weighted by Gasteiger charge is 2.17. The number of para-hydroxylation sites is 1. The second-order valence-corrected chi connectivity index (χ2v) is 7.43. The molecule has 3 aromatic carbocycles. The molecule has 0 atom stereocenters. The van der Waals surface area contributed by atoms with Crippen molar-refractivity contribution < 1.29 is 13.2 Å². The van der Waals surface area contributed by atoms with Gasteiger partial charge in [-0.15, -0.1) is 0 Å². The molecule has 5 heteroatoms. The van der Waals surface area contributed by atoms with Gasteiger partial charge < -0.3 is 4.74 Å². The Hall–Kier alpha value is -2.53. The Labute approximate surface area is 142 Å². The molecule has 0 radical (unpaired) electrons. The van der Waals surface area contributed by atoms with Gasteiger partial charge in [-0.25, -0.2) is 8.42 Å². The normalized spacial score (nSPS) is 11.5. The fourth-order valence-electron chi connectivity index (χ4n) is 2.66. The summed E-state index contributed by atoms with van der Waals surface area (Å²) in [7, 11) is -2.04. The van der Waals surface area contributed by atoms with Gasteiger partial charge in [-0.3, -0.25) is 4.72 Å². The molecule has 3 rings (SSSR count). The minimum Gasteiger partial charge on any atom is -0.497 e. The number of ether oxygens (including phenoxy) is 1. The van der Waals surface area contributed by atoms with Crippen molar-refractivity contribution in [1.82, 2.24) is 0 Å². The smallest absolute Gasteiger partial charge is 0.261 e. The van der Waals surface area contributed by atoms with Crippen LogP contribution in [0.2, 0.25) is 0 Å². The Bertz CT molecular complexity index is 990. The number of fused-ring (bicyclic) bond motifs is 1. The first-order chi connectivity index (χ1) is 11.4. The summed E-state index contributed by atoms with van der Waals surface area (Å²) in [4.78, 5) is 0.239. The minimum atomic E-state index is -3.65. The predicted molar refractivity (Wildman–Crippen MR) is 97.2 cm³/mol. The Morgan fingerprint density at radius 1 is 0.875 bits per heavy atom. The van der Waals surface area contributed by atoms with Gasteiger partial charge in [0.25, 0.3) is 10.0 Å². The maximum Gasteiger partial charge on any atom is 0.261 e. The zero-order valence-corrected chi connectivity index (χ0v) is 14.6. The van der Waals surface area contributed by atoms with E-state index in [0.29, 0.717) is 5.69 Å². The number of rotatable bonds is 4. The van der Waals surface area contributed by atoms with Crippen LogP contribution in [0.5, 0.6) is 5.75 Å². The van der Waals surface area contributed by atoms with E-state index < -0.39 is 10.0 Å². The molecule has 0 saturated carbocycles. The van der Waals surface area contributed by atoms with E-state index in [1.807, 2.05) is 50.2 Å². The van der Waals surface area contributed by atoms with Crippen LogP contribution in [-0.2, 0) is 10.0 Å². The van der Waals surface area contributed by atoms with Crippen LogP contribution in [0.15, 0.2) is 59.5 Å². The zero-order chi connectivity index (χ0) is 17.3. The van der Waals surface area contributed by atoms with E-state index >= 15 is 0 Å². The Morgan fingerprint density at radius 3 is 2.17 bits per heavy atom. The van der Waals surface area contributed by atoms with Gasteiger partial charge >= 0.3 is 0 Å². The molecule has 24 heavy (non-hydrogen) atoms. The molecule has 0 aliphatic carbocycles. The largest absolute Gasteiger partial charge is 0.497 e. The number of aryl methyl sites for hydroxylation is 2. The molecule has 0 spiro atoms. The third-order valence-electron chi connectivity index (χ3n) is 4.05. The number of hydrogen-bond acceptors (Lipinski definition) is 3. The molecule has 0 bridgehead atoms. The van der Waals surface area contributed by atoms with Gasteiger partial charge in [-0.05, 0) is 60.0 Å². The molecular weight excluding hydrogens is 322 g/mol. The summed E-state index contributed by atoms with van der Waals surface area (Å²) in [6.45, 7) is 3.77. The highest BCUT2D eigenvalue weighted by atomic mass is 32.2. The number of anilines is 1. The summed E-state index contributed by atoms with van der Waals surface area (Å²) < 4.78 is 33.4. The first-order valence-corrected chi connectivity index (χ1v) is 9.06.